The molecular weight excluding hydrogens is 336 g/mol. The molecule has 0 spiro atoms. The van der Waals surface area contributed by atoms with E-state index in [4.69, 9.17) is 14.2 Å². The van der Waals surface area contributed by atoms with E-state index in [1.165, 1.54) is 20.1 Å². The zero-order chi connectivity index (χ0) is 18.5. The zero-order valence-corrected chi connectivity index (χ0v) is 14.5. The molecule has 0 bridgehead atoms. The lowest BCUT2D eigenvalue weighted by Crippen LogP contribution is -2.27. The molecule has 2 aromatic rings. The van der Waals surface area contributed by atoms with E-state index in [1.807, 2.05) is 6.07 Å². The van der Waals surface area contributed by atoms with Gasteiger partial charge in [-0.15, -0.1) is 0 Å². The number of rotatable bonds is 5. The summed E-state index contributed by atoms with van der Waals surface area (Å²) in [5.74, 6) is -0.0422. The van der Waals surface area contributed by atoms with E-state index in [2.05, 4.69) is 0 Å². The van der Waals surface area contributed by atoms with Crippen LogP contribution >= 0.6 is 0 Å². The van der Waals surface area contributed by atoms with E-state index in [9.17, 15) is 14.7 Å². The van der Waals surface area contributed by atoms with Crippen LogP contribution in [0.3, 0.4) is 0 Å². The first-order valence-electron chi connectivity index (χ1n) is 8.36. The molecule has 2 aromatic carbocycles. The van der Waals surface area contributed by atoms with Crippen LogP contribution in [0.4, 0.5) is 0 Å². The van der Waals surface area contributed by atoms with Crippen molar-refractivity contribution in [1.29, 1.82) is 0 Å². The van der Waals surface area contributed by atoms with Crippen molar-refractivity contribution in [2.45, 2.75) is 32.0 Å². The molecule has 0 radical (unpaired) electrons. The summed E-state index contributed by atoms with van der Waals surface area (Å²) < 4.78 is 16.6. The minimum Gasteiger partial charge on any atom is -0.504 e. The first-order valence-corrected chi connectivity index (χ1v) is 8.36. The van der Waals surface area contributed by atoms with Crippen LogP contribution in [0, 0.1) is 0 Å². The van der Waals surface area contributed by atoms with E-state index >= 15 is 0 Å². The van der Waals surface area contributed by atoms with Gasteiger partial charge in [-0.05, 0) is 43.5 Å². The van der Waals surface area contributed by atoms with Crippen LogP contribution in [-0.4, -0.2) is 29.6 Å². The van der Waals surface area contributed by atoms with Gasteiger partial charge in [0.2, 0.25) is 5.75 Å². The Morgan fingerprint density at radius 3 is 2.50 bits per heavy atom. The molecule has 1 fully saturated rings. The van der Waals surface area contributed by atoms with Crippen molar-refractivity contribution in [3.05, 3.63) is 41.5 Å². The number of Topliss-reactive ketones (excluding diaryl/α,β-unsaturated/α-hetero) is 1. The number of carbonyl (C=O) groups excluding carboxylic acids is 2. The van der Waals surface area contributed by atoms with Gasteiger partial charge in [0.05, 0.1) is 12.7 Å². The molecule has 6 heteroatoms. The summed E-state index contributed by atoms with van der Waals surface area (Å²) in [6, 6.07) is 8.53. The topological polar surface area (TPSA) is 82.1 Å². The molecule has 0 saturated heterocycles. The van der Waals surface area contributed by atoms with Crippen molar-refractivity contribution in [2.24, 2.45) is 0 Å². The van der Waals surface area contributed by atoms with Crippen molar-refractivity contribution >= 4 is 11.8 Å². The Hall–Kier alpha value is -3.02. The van der Waals surface area contributed by atoms with Gasteiger partial charge in [0.25, 0.3) is 0 Å². The number of ketones is 1. The van der Waals surface area contributed by atoms with Gasteiger partial charge in [-0.2, -0.15) is 0 Å². The van der Waals surface area contributed by atoms with Crippen molar-refractivity contribution < 1.29 is 28.9 Å². The minimum atomic E-state index is -0.875. The molecule has 0 aromatic heterocycles. The number of esters is 1. The van der Waals surface area contributed by atoms with Crippen molar-refractivity contribution in [1.82, 2.24) is 0 Å². The lowest BCUT2D eigenvalue weighted by Gasteiger charge is -2.21. The zero-order valence-electron chi connectivity index (χ0n) is 14.5. The summed E-state index contributed by atoms with van der Waals surface area (Å²) in [7, 11) is 1.43. The number of hydrogen-bond donors (Lipinski definition) is 1. The number of hydrogen-bond acceptors (Lipinski definition) is 6. The van der Waals surface area contributed by atoms with E-state index < -0.39 is 5.60 Å². The van der Waals surface area contributed by atoms with Gasteiger partial charge in [-0.3, -0.25) is 4.79 Å². The Morgan fingerprint density at radius 2 is 1.85 bits per heavy atom. The Morgan fingerprint density at radius 1 is 1.12 bits per heavy atom. The van der Waals surface area contributed by atoms with Crippen LogP contribution in [0.25, 0.3) is 11.1 Å². The molecule has 1 saturated carbocycles. The average Bonchev–Trinajstić information content (AvgIpc) is 3.32. The maximum Gasteiger partial charge on any atom is 0.338 e. The molecule has 0 atom stereocenters. The quantitative estimate of drug-likeness (QED) is 0.830. The van der Waals surface area contributed by atoms with Gasteiger partial charge in [0.1, 0.15) is 6.61 Å². The highest BCUT2D eigenvalue weighted by Crippen LogP contribution is 2.51. The second-order valence-electron chi connectivity index (χ2n) is 6.55. The third-order valence-electron chi connectivity index (χ3n) is 4.97. The molecule has 0 unspecified atom stereocenters. The molecule has 2 aliphatic rings. The fourth-order valence-electron chi connectivity index (χ4n) is 3.30. The van der Waals surface area contributed by atoms with Crippen LogP contribution in [-0.2, 0) is 16.1 Å². The minimum absolute atomic E-state index is 0.0642. The lowest BCUT2D eigenvalue weighted by atomic mass is 9.95. The second-order valence-corrected chi connectivity index (χ2v) is 6.55. The standard InChI is InChI=1S/C20H18O6/c1-11(21)20(8-9-20)26-17-13(6-7-16(22)18(17)24-2)12-4-3-5-14-15(12)10-25-19(14)23/h3-7,22H,8-10H2,1-2H3. The molecule has 134 valence electrons. The monoisotopic (exact) mass is 354 g/mol. The number of benzene rings is 2. The molecule has 1 aliphatic carbocycles. The normalized spacial score (nSPS) is 16.6. The number of fused-ring (bicyclic) bond motifs is 1. The van der Waals surface area contributed by atoms with E-state index in [-0.39, 0.29) is 29.9 Å². The lowest BCUT2D eigenvalue weighted by molar-refractivity contribution is -0.125. The molecule has 4 rings (SSSR count). The fraction of sp³-hybridized carbons (Fsp3) is 0.300. The molecular formula is C20H18O6. The van der Waals surface area contributed by atoms with Gasteiger partial charge in [0, 0.05) is 11.1 Å². The van der Waals surface area contributed by atoms with Gasteiger partial charge in [-0.25, -0.2) is 4.79 Å². The number of ether oxygens (including phenoxy) is 3. The summed E-state index contributed by atoms with van der Waals surface area (Å²) in [4.78, 5) is 23.9. The highest BCUT2D eigenvalue weighted by atomic mass is 16.5. The Bertz CT molecular complexity index is 926. The highest BCUT2D eigenvalue weighted by molar-refractivity contribution is 5.97. The van der Waals surface area contributed by atoms with E-state index in [1.54, 1.807) is 18.2 Å². The number of methoxy groups -OCH3 is 1. The van der Waals surface area contributed by atoms with Gasteiger partial charge in [0.15, 0.2) is 22.9 Å². The fourth-order valence-corrected chi connectivity index (χ4v) is 3.30. The largest absolute Gasteiger partial charge is 0.504 e. The van der Waals surface area contributed by atoms with Crippen molar-refractivity contribution in [3.63, 3.8) is 0 Å². The summed E-state index contributed by atoms with van der Waals surface area (Å²) in [5, 5.41) is 10.2. The predicted octanol–water partition coefficient (Wildman–Crippen LogP) is 3.24. The maximum absolute atomic E-state index is 12.0. The summed E-state index contributed by atoms with van der Waals surface area (Å²) >= 11 is 0. The van der Waals surface area contributed by atoms with Crippen molar-refractivity contribution in [3.8, 4) is 28.4 Å². The van der Waals surface area contributed by atoms with Gasteiger partial charge in [-0.1, -0.05) is 12.1 Å². The molecule has 1 heterocycles. The average molecular weight is 354 g/mol. The second kappa shape index (κ2) is 5.76. The first-order chi connectivity index (χ1) is 12.5. The maximum atomic E-state index is 12.0. The molecule has 26 heavy (non-hydrogen) atoms. The summed E-state index contributed by atoms with van der Waals surface area (Å²) in [5.41, 5.74) is 1.78. The third kappa shape index (κ3) is 2.41. The molecule has 6 nitrogen and oxygen atoms in total. The van der Waals surface area contributed by atoms with Crippen molar-refractivity contribution in [2.75, 3.05) is 7.11 Å². The SMILES string of the molecule is COc1c(O)ccc(-c2cccc3c2COC3=O)c1OC1(C(C)=O)CC1. The van der Waals surface area contributed by atoms with Crippen LogP contribution in [0.15, 0.2) is 30.3 Å². The first kappa shape index (κ1) is 16.4. The Kier molecular flexibility index (Phi) is 3.64. The van der Waals surface area contributed by atoms with Crippen LogP contribution in [0.2, 0.25) is 0 Å². The predicted molar refractivity (Wildman–Crippen MR) is 92.5 cm³/mol. The van der Waals surface area contributed by atoms with Gasteiger partial charge < -0.3 is 19.3 Å². The molecule has 0 amide bonds. The Balaban J connectivity index is 1.90. The van der Waals surface area contributed by atoms with E-state index in [0.717, 1.165) is 11.1 Å². The van der Waals surface area contributed by atoms with Crippen LogP contribution < -0.4 is 9.47 Å². The number of phenols is 1. The van der Waals surface area contributed by atoms with E-state index in [0.29, 0.717) is 29.7 Å². The van der Waals surface area contributed by atoms with Crippen LogP contribution in [0.1, 0.15) is 35.7 Å². The summed E-state index contributed by atoms with van der Waals surface area (Å²) in [6.45, 7) is 1.67. The molecule has 1 aliphatic heterocycles. The number of phenolic OH excluding ortho intramolecular Hbond substituents is 1. The molecule has 1 N–H and O–H groups in total. The third-order valence-corrected chi connectivity index (χ3v) is 4.97. The summed E-state index contributed by atoms with van der Waals surface area (Å²) in [6.07, 6.45) is 1.24. The Labute approximate surface area is 150 Å². The number of aromatic hydroxyl groups is 1. The van der Waals surface area contributed by atoms with Gasteiger partial charge >= 0.3 is 5.97 Å². The highest BCUT2D eigenvalue weighted by Gasteiger charge is 2.51. The number of cyclic esters (lactones) is 1. The van der Waals surface area contributed by atoms with Crippen LogP contribution in [0.5, 0.6) is 17.2 Å². The smallest absolute Gasteiger partial charge is 0.338 e. The number of carbonyl (C=O) groups is 2.